The van der Waals surface area contributed by atoms with Crippen molar-refractivity contribution in [3.05, 3.63) is 89.4 Å². The van der Waals surface area contributed by atoms with Gasteiger partial charge in [-0.3, -0.25) is 9.59 Å². The summed E-state index contributed by atoms with van der Waals surface area (Å²) in [5.41, 5.74) is 4.01. The molecule has 0 aliphatic rings. The molecule has 0 atom stereocenters. The second-order valence-electron chi connectivity index (χ2n) is 6.41. The average Bonchev–Trinajstić information content (AvgIpc) is 3.37. The highest BCUT2D eigenvalue weighted by molar-refractivity contribution is 6.06. The van der Waals surface area contributed by atoms with E-state index in [9.17, 15) is 9.59 Å². The number of rotatable bonds is 5. The molecule has 1 amide bonds. The van der Waals surface area contributed by atoms with Crippen LogP contribution in [0, 0.1) is 6.92 Å². The molecule has 0 spiro atoms. The lowest BCUT2D eigenvalue weighted by Gasteiger charge is -2.03. The van der Waals surface area contributed by atoms with Gasteiger partial charge in [0, 0.05) is 11.8 Å². The lowest BCUT2D eigenvalue weighted by atomic mass is 10.1. The van der Waals surface area contributed by atoms with Crippen LogP contribution in [-0.2, 0) is 0 Å². The van der Waals surface area contributed by atoms with Crippen LogP contribution < -0.4 is 5.32 Å². The van der Waals surface area contributed by atoms with Gasteiger partial charge < -0.3 is 15.3 Å². The van der Waals surface area contributed by atoms with Gasteiger partial charge in [0.1, 0.15) is 5.82 Å². The molecule has 28 heavy (non-hydrogen) atoms. The molecule has 2 aromatic carbocycles. The van der Waals surface area contributed by atoms with Crippen molar-refractivity contribution in [2.75, 3.05) is 5.32 Å². The highest BCUT2D eigenvalue weighted by atomic mass is 16.1. The number of aromatic amines is 2. The number of allylic oxidation sites excluding steroid dienone is 1. The molecule has 138 valence electrons. The van der Waals surface area contributed by atoms with E-state index in [4.69, 9.17) is 0 Å². The monoisotopic (exact) mass is 370 g/mol. The number of amides is 1. The van der Waals surface area contributed by atoms with E-state index >= 15 is 0 Å². The highest BCUT2D eigenvalue weighted by Gasteiger charge is 2.10. The molecule has 6 nitrogen and oxygen atoms in total. The van der Waals surface area contributed by atoms with E-state index in [0.717, 1.165) is 22.2 Å². The number of aromatic nitrogens is 3. The van der Waals surface area contributed by atoms with Crippen LogP contribution in [0.1, 0.15) is 32.1 Å². The minimum absolute atomic E-state index is 0.202. The smallest absolute Gasteiger partial charge is 0.256 e. The van der Waals surface area contributed by atoms with Crippen LogP contribution in [0.2, 0.25) is 0 Å². The van der Waals surface area contributed by atoms with E-state index in [0.29, 0.717) is 17.2 Å². The summed E-state index contributed by atoms with van der Waals surface area (Å²) in [4.78, 5) is 34.9. The Morgan fingerprint density at radius 3 is 2.57 bits per heavy atom. The number of aryl methyl sites for hydroxylation is 1. The van der Waals surface area contributed by atoms with E-state index in [1.54, 1.807) is 42.6 Å². The van der Waals surface area contributed by atoms with Gasteiger partial charge in [-0.15, -0.1) is 0 Å². The molecule has 3 N–H and O–H groups in total. The van der Waals surface area contributed by atoms with Crippen LogP contribution >= 0.6 is 0 Å². The first-order chi connectivity index (χ1) is 13.6. The summed E-state index contributed by atoms with van der Waals surface area (Å²) in [6.07, 6.45) is 4.92. The molecule has 2 aromatic heterocycles. The molecule has 0 fully saturated rings. The van der Waals surface area contributed by atoms with Gasteiger partial charge in [-0.05, 0) is 54.5 Å². The minimum Gasteiger partial charge on any atom is -0.348 e. The summed E-state index contributed by atoms with van der Waals surface area (Å²) < 4.78 is 0. The number of hydrogen-bond acceptors (Lipinski definition) is 3. The average molecular weight is 370 g/mol. The Morgan fingerprint density at radius 2 is 1.86 bits per heavy atom. The van der Waals surface area contributed by atoms with Gasteiger partial charge in [-0.1, -0.05) is 30.3 Å². The molecule has 0 saturated heterocycles. The van der Waals surface area contributed by atoms with E-state index in [1.165, 1.54) is 6.08 Å². The van der Waals surface area contributed by atoms with Crippen molar-refractivity contribution >= 4 is 34.6 Å². The number of nitrogens with one attached hydrogen (secondary N) is 3. The van der Waals surface area contributed by atoms with Gasteiger partial charge in [0.2, 0.25) is 5.78 Å². The Hall–Kier alpha value is -3.93. The third kappa shape index (κ3) is 3.61. The van der Waals surface area contributed by atoms with Gasteiger partial charge in [0.15, 0.2) is 5.82 Å². The number of hydrogen-bond donors (Lipinski definition) is 3. The zero-order valence-corrected chi connectivity index (χ0v) is 15.2. The van der Waals surface area contributed by atoms with Crippen molar-refractivity contribution in [2.24, 2.45) is 0 Å². The van der Waals surface area contributed by atoms with Crippen molar-refractivity contribution in [3.63, 3.8) is 0 Å². The lowest BCUT2D eigenvalue weighted by molar-refractivity contribution is 0.102. The van der Waals surface area contributed by atoms with Crippen molar-refractivity contribution in [3.8, 4) is 0 Å². The number of ketones is 1. The lowest BCUT2D eigenvalue weighted by Crippen LogP contribution is -2.11. The van der Waals surface area contributed by atoms with Crippen molar-refractivity contribution in [2.45, 2.75) is 6.92 Å². The molecular weight excluding hydrogens is 352 g/mol. The van der Waals surface area contributed by atoms with Crippen LogP contribution in [0.25, 0.3) is 17.1 Å². The molecule has 2 heterocycles. The summed E-state index contributed by atoms with van der Waals surface area (Å²) in [7, 11) is 0. The molecule has 0 aliphatic heterocycles. The van der Waals surface area contributed by atoms with Crippen LogP contribution in [0.4, 0.5) is 5.82 Å². The van der Waals surface area contributed by atoms with E-state index in [-0.39, 0.29) is 11.7 Å². The van der Waals surface area contributed by atoms with E-state index < -0.39 is 0 Å². The summed E-state index contributed by atoms with van der Waals surface area (Å²) in [6.45, 7) is 1.96. The second kappa shape index (κ2) is 7.36. The zero-order valence-electron chi connectivity index (χ0n) is 15.2. The third-order valence-electron chi connectivity index (χ3n) is 4.39. The molecule has 6 heteroatoms. The molecule has 0 saturated carbocycles. The number of para-hydroxylation sites is 1. The Bertz CT molecular complexity index is 1170. The van der Waals surface area contributed by atoms with Crippen LogP contribution in [0.5, 0.6) is 0 Å². The van der Waals surface area contributed by atoms with Crippen molar-refractivity contribution in [1.82, 2.24) is 15.0 Å². The normalized spacial score (nSPS) is 11.2. The molecule has 0 radical (unpaired) electrons. The van der Waals surface area contributed by atoms with Crippen molar-refractivity contribution < 1.29 is 9.59 Å². The molecule has 0 bridgehead atoms. The minimum atomic E-state index is -0.204. The SMILES string of the molecule is Cc1cccc2[nH]c(C(=O)C=Cc3ccc(C(=O)Nc4ccc[nH]4)cc3)nc12. The zero-order chi connectivity index (χ0) is 19.5. The van der Waals surface area contributed by atoms with Crippen LogP contribution in [-0.4, -0.2) is 26.6 Å². The van der Waals surface area contributed by atoms with Gasteiger partial charge >= 0.3 is 0 Å². The molecular formula is C22H18N4O2. The molecule has 0 aliphatic carbocycles. The predicted molar refractivity (Wildman–Crippen MR) is 109 cm³/mol. The number of anilines is 1. The first kappa shape index (κ1) is 17.5. The maximum Gasteiger partial charge on any atom is 0.256 e. The quantitative estimate of drug-likeness (QED) is 0.360. The Balaban J connectivity index is 1.45. The molecule has 4 rings (SSSR count). The maximum atomic E-state index is 12.4. The Kier molecular flexibility index (Phi) is 4.60. The number of nitrogens with zero attached hydrogens (tertiary/aromatic N) is 1. The fraction of sp³-hybridized carbons (Fsp3) is 0.0455. The van der Waals surface area contributed by atoms with Crippen LogP contribution in [0.15, 0.2) is 66.9 Å². The van der Waals surface area contributed by atoms with E-state index in [2.05, 4.69) is 20.3 Å². The summed E-state index contributed by atoms with van der Waals surface area (Å²) in [5.74, 6) is 0.541. The third-order valence-corrected chi connectivity index (χ3v) is 4.39. The van der Waals surface area contributed by atoms with Gasteiger partial charge in [0.25, 0.3) is 5.91 Å². The largest absolute Gasteiger partial charge is 0.348 e. The van der Waals surface area contributed by atoms with E-state index in [1.807, 2.05) is 31.2 Å². The summed E-state index contributed by atoms with van der Waals surface area (Å²) in [6, 6.07) is 16.4. The topological polar surface area (TPSA) is 90.6 Å². The van der Waals surface area contributed by atoms with Gasteiger partial charge in [-0.25, -0.2) is 4.98 Å². The number of benzene rings is 2. The second-order valence-corrected chi connectivity index (χ2v) is 6.41. The molecule has 4 aromatic rings. The standard InChI is InChI=1S/C22H18N4O2/c1-14-4-2-5-17-20(14)26-21(24-17)18(27)12-9-15-7-10-16(11-8-15)22(28)25-19-6-3-13-23-19/h2-13,23H,1H3,(H,24,26)(H,25,28). The first-order valence-corrected chi connectivity index (χ1v) is 8.83. The van der Waals surface area contributed by atoms with Gasteiger partial charge in [-0.2, -0.15) is 0 Å². The summed E-state index contributed by atoms with van der Waals surface area (Å²) in [5, 5.41) is 2.77. The number of H-pyrrole nitrogens is 2. The van der Waals surface area contributed by atoms with Crippen molar-refractivity contribution in [1.29, 1.82) is 0 Å². The number of carbonyl (C=O) groups is 2. The Morgan fingerprint density at radius 1 is 1.04 bits per heavy atom. The first-order valence-electron chi connectivity index (χ1n) is 8.83. The predicted octanol–water partition coefficient (Wildman–Crippen LogP) is 4.35. The number of fused-ring (bicyclic) bond motifs is 1. The number of imidazole rings is 1. The van der Waals surface area contributed by atoms with Crippen LogP contribution in [0.3, 0.4) is 0 Å². The fourth-order valence-electron chi connectivity index (χ4n) is 2.89. The number of carbonyl (C=O) groups excluding carboxylic acids is 2. The molecule has 0 unspecified atom stereocenters. The Labute approximate surface area is 161 Å². The summed E-state index contributed by atoms with van der Waals surface area (Å²) >= 11 is 0. The fourth-order valence-corrected chi connectivity index (χ4v) is 2.89. The maximum absolute atomic E-state index is 12.4. The van der Waals surface area contributed by atoms with Gasteiger partial charge in [0.05, 0.1) is 11.0 Å². The highest BCUT2D eigenvalue weighted by Crippen LogP contribution is 2.16.